The van der Waals surface area contributed by atoms with E-state index in [-0.39, 0.29) is 18.6 Å². The van der Waals surface area contributed by atoms with Crippen LogP contribution in [0.25, 0.3) is 0 Å². The number of hydrogen-bond donors (Lipinski definition) is 0. The Balaban J connectivity index is 3.57. The van der Waals surface area contributed by atoms with Crippen LogP contribution in [0, 0.1) is 0 Å². The molecular formula is C8H12O3. The number of ketones is 1. The Kier molecular flexibility index (Phi) is 5.07. The standard InChI is InChI=1S/C8H12O3/c1-3-5-7(9)6-8(10)11-4-2/h3H,1,4-6H2,2H3. The largest absolute Gasteiger partial charge is 0.466 e. The third kappa shape index (κ3) is 5.33. The second-order valence-corrected chi connectivity index (χ2v) is 2.01. The fraction of sp³-hybridized carbons (Fsp3) is 0.500. The molecule has 0 aromatic carbocycles. The number of allylic oxidation sites excluding steroid dienone is 1. The highest BCUT2D eigenvalue weighted by molar-refractivity contribution is 5.96. The van der Waals surface area contributed by atoms with Crippen LogP contribution in [0.4, 0.5) is 0 Å². The molecule has 0 rings (SSSR count). The zero-order valence-corrected chi connectivity index (χ0v) is 6.63. The van der Waals surface area contributed by atoms with Crippen molar-refractivity contribution in [2.45, 2.75) is 19.8 Å². The van der Waals surface area contributed by atoms with Crippen LogP contribution in [0.5, 0.6) is 0 Å². The Labute approximate surface area is 66.0 Å². The van der Waals surface area contributed by atoms with Gasteiger partial charge >= 0.3 is 5.97 Å². The summed E-state index contributed by atoms with van der Waals surface area (Å²) in [5, 5.41) is 0. The summed E-state index contributed by atoms with van der Waals surface area (Å²) in [5.74, 6) is -0.613. The van der Waals surface area contributed by atoms with E-state index in [2.05, 4.69) is 11.3 Å². The highest BCUT2D eigenvalue weighted by Crippen LogP contribution is 1.93. The first kappa shape index (κ1) is 9.88. The van der Waals surface area contributed by atoms with Crippen molar-refractivity contribution in [1.29, 1.82) is 0 Å². The molecule has 0 aliphatic rings. The molecule has 0 radical (unpaired) electrons. The number of hydrogen-bond acceptors (Lipinski definition) is 3. The molecule has 0 unspecified atom stereocenters. The zero-order valence-electron chi connectivity index (χ0n) is 6.63. The average Bonchev–Trinajstić information content (AvgIpc) is 1.87. The molecule has 0 heterocycles. The summed E-state index contributed by atoms with van der Waals surface area (Å²) >= 11 is 0. The van der Waals surface area contributed by atoms with E-state index in [4.69, 9.17) is 0 Å². The Morgan fingerprint density at radius 3 is 2.64 bits per heavy atom. The van der Waals surface area contributed by atoms with Crippen LogP contribution < -0.4 is 0 Å². The maximum Gasteiger partial charge on any atom is 0.313 e. The number of Topliss-reactive ketones (excluding diaryl/α,β-unsaturated/α-hetero) is 1. The molecule has 0 spiro atoms. The van der Waals surface area contributed by atoms with E-state index in [0.717, 1.165) is 0 Å². The van der Waals surface area contributed by atoms with Crippen molar-refractivity contribution in [3.05, 3.63) is 12.7 Å². The molecule has 0 aromatic heterocycles. The Bertz CT molecular complexity index is 161. The lowest BCUT2D eigenvalue weighted by atomic mass is 10.2. The third-order valence-electron chi connectivity index (χ3n) is 1.02. The molecule has 0 saturated heterocycles. The minimum Gasteiger partial charge on any atom is -0.466 e. The van der Waals surface area contributed by atoms with Crippen molar-refractivity contribution in [2.24, 2.45) is 0 Å². The van der Waals surface area contributed by atoms with Crippen LogP contribution in [0.2, 0.25) is 0 Å². The van der Waals surface area contributed by atoms with Crippen LogP contribution >= 0.6 is 0 Å². The summed E-state index contributed by atoms with van der Waals surface area (Å²) in [4.78, 5) is 21.4. The van der Waals surface area contributed by atoms with E-state index >= 15 is 0 Å². The van der Waals surface area contributed by atoms with Crippen molar-refractivity contribution in [1.82, 2.24) is 0 Å². The molecule has 11 heavy (non-hydrogen) atoms. The van der Waals surface area contributed by atoms with Crippen molar-refractivity contribution in [3.8, 4) is 0 Å². The third-order valence-corrected chi connectivity index (χ3v) is 1.02. The van der Waals surface area contributed by atoms with Gasteiger partial charge < -0.3 is 4.74 Å². The molecule has 0 atom stereocenters. The van der Waals surface area contributed by atoms with Gasteiger partial charge in [0.25, 0.3) is 0 Å². The van der Waals surface area contributed by atoms with Gasteiger partial charge in [0.15, 0.2) is 0 Å². The summed E-state index contributed by atoms with van der Waals surface area (Å²) in [6.45, 7) is 5.40. The van der Waals surface area contributed by atoms with E-state index in [1.54, 1.807) is 6.92 Å². The second-order valence-electron chi connectivity index (χ2n) is 2.01. The molecule has 0 N–H and O–H groups in total. The first-order valence-corrected chi connectivity index (χ1v) is 3.49. The predicted octanol–water partition coefficient (Wildman–Crippen LogP) is 1.08. The highest BCUT2D eigenvalue weighted by atomic mass is 16.5. The van der Waals surface area contributed by atoms with Crippen LogP contribution in [-0.2, 0) is 14.3 Å². The normalized spacial score (nSPS) is 8.82. The number of ether oxygens (including phenoxy) is 1. The van der Waals surface area contributed by atoms with Crippen molar-refractivity contribution >= 4 is 11.8 Å². The zero-order chi connectivity index (χ0) is 8.69. The van der Waals surface area contributed by atoms with Gasteiger partial charge in [-0.15, -0.1) is 6.58 Å². The van der Waals surface area contributed by atoms with E-state index < -0.39 is 5.97 Å². The summed E-state index contributed by atoms with van der Waals surface area (Å²) in [6, 6.07) is 0. The lowest BCUT2D eigenvalue weighted by Gasteiger charge is -1.98. The van der Waals surface area contributed by atoms with Crippen molar-refractivity contribution in [2.75, 3.05) is 6.61 Å². The van der Waals surface area contributed by atoms with Gasteiger partial charge in [-0.2, -0.15) is 0 Å². The Morgan fingerprint density at radius 1 is 1.55 bits per heavy atom. The van der Waals surface area contributed by atoms with Crippen molar-refractivity contribution < 1.29 is 14.3 Å². The van der Waals surface area contributed by atoms with Gasteiger partial charge in [-0.05, 0) is 6.92 Å². The summed E-state index contributed by atoms with van der Waals surface area (Å²) in [5.41, 5.74) is 0. The molecule has 0 fully saturated rings. The monoisotopic (exact) mass is 156 g/mol. The predicted molar refractivity (Wildman–Crippen MR) is 41.1 cm³/mol. The molecule has 0 aliphatic heterocycles. The van der Waals surface area contributed by atoms with Crippen LogP contribution in [0.15, 0.2) is 12.7 Å². The van der Waals surface area contributed by atoms with Gasteiger partial charge in [-0.1, -0.05) is 6.08 Å². The molecule has 3 nitrogen and oxygen atoms in total. The highest BCUT2D eigenvalue weighted by Gasteiger charge is 2.07. The van der Waals surface area contributed by atoms with E-state index in [1.165, 1.54) is 6.08 Å². The van der Waals surface area contributed by atoms with E-state index in [1.807, 2.05) is 0 Å². The summed E-state index contributed by atoms with van der Waals surface area (Å²) < 4.78 is 4.56. The number of carbonyl (C=O) groups excluding carboxylic acids is 2. The summed E-state index contributed by atoms with van der Waals surface area (Å²) in [7, 11) is 0. The van der Waals surface area contributed by atoms with Crippen molar-refractivity contribution in [3.63, 3.8) is 0 Å². The minimum absolute atomic E-state index is 0.139. The molecular weight excluding hydrogens is 144 g/mol. The topological polar surface area (TPSA) is 43.4 Å². The van der Waals surface area contributed by atoms with E-state index in [9.17, 15) is 9.59 Å². The lowest BCUT2D eigenvalue weighted by molar-refractivity contribution is -0.145. The quantitative estimate of drug-likeness (QED) is 0.340. The number of esters is 1. The van der Waals surface area contributed by atoms with Gasteiger partial charge in [0.05, 0.1) is 6.61 Å². The SMILES string of the molecule is C=CCC(=O)CC(=O)OCC. The second kappa shape index (κ2) is 5.65. The van der Waals surface area contributed by atoms with Gasteiger partial charge in [0.2, 0.25) is 0 Å². The molecule has 0 aromatic rings. The van der Waals surface area contributed by atoms with Gasteiger partial charge in [-0.3, -0.25) is 9.59 Å². The summed E-state index contributed by atoms with van der Waals surface area (Å²) in [6.07, 6.45) is 1.57. The van der Waals surface area contributed by atoms with Crippen LogP contribution in [-0.4, -0.2) is 18.4 Å². The number of carbonyl (C=O) groups is 2. The molecule has 0 aliphatic carbocycles. The smallest absolute Gasteiger partial charge is 0.313 e. The van der Waals surface area contributed by atoms with Gasteiger partial charge in [0, 0.05) is 6.42 Å². The molecule has 3 heteroatoms. The molecule has 62 valence electrons. The van der Waals surface area contributed by atoms with Crippen LogP contribution in [0.1, 0.15) is 19.8 Å². The molecule has 0 amide bonds. The maximum absolute atomic E-state index is 10.8. The number of rotatable bonds is 5. The van der Waals surface area contributed by atoms with E-state index in [0.29, 0.717) is 6.61 Å². The lowest BCUT2D eigenvalue weighted by Crippen LogP contribution is -2.10. The van der Waals surface area contributed by atoms with Gasteiger partial charge in [-0.25, -0.2) is 0 Å². The fourth-order valence-corrected chi connectivity index (χ4v) is 0.606. The first-order chi connectivity index (χ1) is 5.20. The Hall–Kier alpha value is -1.12. The maximum atomic E-state index is 10.8. The Morgan fingerprint density at radius 2 is 2.18 bits per heavy atom. The first-order valence-electron chi connectivity index (χ1n) is 3.49. The minimum atomic E-state index is -0.459. The molecule has 0 saturated carbocycles. The van der Waals surface area contributed by atoms with Gasteiger partial charge in [0.1, 0.15) is 12.2 Å². The average molecular weight is 156 g/mol. The molecule has 0 bridgehead atoms. The van der Waals surface area contributed by atoms with Crippen LogP contribution in [0.3, 0.4) is 0 Å². The fourth-order valence-electron chi connectivity index (χ4n) is 0.606.